The van der Waals surface area contributed by atoms with Crippen molar-refractivity contribution in [3.8, 4) is 6.07 Å². The molecule has 7 nitrogen and oxygen atoms in total. The van der Waals surface area contributed by atoms with Crippen LogP contribution in [-0.4, -0.2) is 20.8 Å². The number of allylic oxidation sites excluding steroid dienone is 3. The summed E-state index contributed by atoms with van der Waals surface area (Å²) in [4.78, 5) is 12.6. The van der Waals surface area contributed by atoms with Crippen LogP contribution in [0.15, 0.2) is 29.0 Å². The van der Waals surface area contributed by atoms with Gasteiger partial charge in [0.1, 0.15) is 17.4 Å². The molecule has 1 aliphatic carbocycles. The van der Waals surface area contributed by atoms with E-state index in [-0.39, 0.29) is 17.2 Å². The summed E-state index contributed by atoms with van der Waals surface area (Å²) in [5, 5.41) is 18.1. The third-order valence-corrected chi connectivity index (χ3v) is 5.70. The van der Waals surface area contributed by atoms with Crippen molar-refractivity contribution >= 4 is 5.78 Å². The number of hydrogen-bond donors (Lipinski definition) is 1. The minimum absolute atomic E-state index is 0.00845. The summed E-state index contributed by atoms with van der Waals surface area (Å²) in [5.41, 5.74) is 7.34. The Balaban J connectivity index is 1.62. The van der Waals surface area contributed by atoms with Gasteiger partial charge in [-0.15, -0.1) is 5.10 Å². The van der Waals surface area contributed by atoms with E-state index in [4.69, 9.17) is 10.5 Å². The number of carbonyl (C=O) groups excluding carboxylic acids is 1. The first-order chi connectivity index (χ1) is 14.2. The lowest BCUT2D eigenvalue weighted by atomic mass is 9.80. The Hall–Kier alpha value is -2.62. The highest BCUT2D eigenvalue weighted by Crippen LogP contribution is 2.42. The van der Waals surface area contributed by atoms with Gasteiger partial charge in [0.05, 0.1) is 11.6 Å². The van der Waals surface area contributed by atoms with E-state index < -0.39 is 5.92 Å². The van der Waals surface area contributed by atoms with Crippen LogP contribution < -0.4 is 5.73 Å². The van der Waals surface area contributed by atoms with Gasteiger partial charge < -0.3 is 10.5 Å². The van der Waals surface area contributed by atoms with Gasteiger partial charge in [-0.25, -0.2) is 0 Å². The third-order valence-electron chi connectivity index (χ3n) is 5.70. The summed E-state index contributed by atoms with van der Waals surface area (Å²) in [6.07, 6.45) is 13.7. The minimum atomic E-state index is -0.566. The molecule has 0 fully saturated rings. The highest BCUT2D eigenvalue weighted by molar-refractivity contribution is 5.99. The van der Waals surface area contributed by atoms with Crippen LogP contribution in [0.4, 0.5) is 0 Å². The van der Waals surface area contributed by atoms with Crippen molar-refractivity contribution in [2.24, 2.45) is 5.73 Å². The monoisotopic (exact) mass is 397 g/mol. The van der Waals surface area contributed by atoms with Crippen LogP contribution >= 0.6 is 0 Å². The van der Waals surface area contributed by atoms with E-state index in [1.165, 1.54) is 44.9 Å². The summed E-state index contributed by atoms with van der Waals surface area (Å²) in [7, 11) is 0. The lowest BCUT2D eigenvalue weighted by molar-refractivity contribution is -0.116. The molecular weight excluding hydrogens is 366 g/mol. The quantitative estimate of drug-likeness (QED) is 0.592. The van der Waals surface area contributed by atoms with E-state index in [9.17, 15) is 10.1 Å². The Morgan fingerprint density at radius 3 is 2.66 bits per heavy atom. The molecule has 2 N–H and O–H groups in total. The summed E-state index contributed by atoms with van der Waals surface area (Å²) >= 11 is 0. The van der Waals surface area contributed by atoms with Gasteiger partial charge in [-0.2, -0.15) is 5.26 Å². The molecule has 7 heteroatoms. The molecule has 3 rings (SSSR count). The van der Waals surface area contributed by atoms with Crippen LogP contribution in [0.25, 0.3) is 0 Å². The number of ether oxygens (including phenoxy) is 1. The Labute approximate surface area is 172 Å². The third kappa shape index (κ3) is 5.06. The van der Waals surface area contributed by atoms with Crippen molar-refractivity contribution < 1.29 is 9.53 Å². The highest BCUT2D eigenvalue weighted by Gasteiger charge is 2.39. The van der Waals surface area contributed by atoms with Gasteiger partial charge >= 0.3 is 0 Å². The normalized spacial score (nSPS) is 19.2. The zero-order chi connectivity index (χ0) is 20.6. The SMILES string of the molecule is CCCCCCCCCCn1cc(C2C(C#N)=C(N)OC3=C2C(=O)CCC3)nn1. The number of hydrogen-bond acceptors (Lipinski definition) is 6. The lowest BCUT2D eigenvalue weighted by Crippen LogP contribution is -2.27. The maximum atomic E-state index is 12.6. The number of nitrogens with zero attached hydrogens (tertiary/aromatic N) is 4. The number of Topliss-reactive ketones (excluding diaryl/α,β-unsaturated/α-hetero) is 1. The van der Waals surface area contributed by atoms with Gasteiger partial charge in [0.25, 0.3) is 0 Å². The molecular formula is C22H31N5O2. The van der Waals surface area contributed by atoms with Gasteiger partial charge in [-0.1, -0.05) is 57.1 Å². The summed E-state index contributed by atoms with van der Waals surface area (Å²) in [6, 6.07) is 2.11. The predicted octanol–water partition coefficient (Wildman–Crippen LogP) is 4.23. The Bertz CT molecular complexity index is 831. The number of aryl methyl sites for hydroxylation is 1. The second-order valence-corrected chi connectivity index (χ2v) is 7.92. The second kappa shape index (κ2) is 10.2. The number of ketones is 1. The van der Waals surface area contributed by atoms with Crippen molar-refractivity contribution in [3.05, 3.63) is 34.7 Å². The maximum absolute atomic E-state index is 12.6. The fraction of sp³-hybridized carbons (Fsp3) is 0.636. The fourth-order valence-corrected chi connectivity index (χ4v) is 4.11. The topological polar surface area (TPSA) is 107 Å². The van der Waals surface area contributed by atoms with Crippen LogP contribution in [-0.2, 0) is 16.1 Å². The highest BCUT2D eigenvalue weighted by atomic mass is 16.5. The van der Waals surface area contributed by atoms with Gasteiger partial charge in [0, 0.05) is 31.2 Å². The first kappa shape index (κ1) is 21.1. The van der Waals surface area contributed by atoms with E-state index in [1.54, 1.807) is 4.68 Å². The Kier molecular flexibility index (Phi) is 7.45. The molecule has 1 unspecified atom stereocenters. The molecule has 0 spiro atoms. The molecule has 29 heavy (non-hydrogen) atoms. The first-order valence-electron chi connectivity index (χ1n) is 10.9. The van der Waals surface area contributed by atoms with E-state index >= 15 is 0 Å². The molecule has 2 aliphatic rings. The van der Waals surface area contributed by atoms with Crippen LogP contribution in [0.1, 0.15) is 89.2 Å². The number of carbonyl (C=O) groups is 1. The molecule has 0 bridgehead atoms. The molecule has 1 aromatic rings. The molecule has 1 atom stereocenters. The average Bonchev–Trinajstić information content (AvgIpc) is 3.17. The standard InChI is InChI=1S/C22H31N5O2/c1-2-3-4-5-6-7-8-9-13-27-15-17(25-26-27)20-16(14-23)22(24)29-19-12-10-11-18(28)21(19)20/h15,20H,2-13,24H2,1H3. The number of nitrogens with two attached hydrogens (primary N) is 1. The van der Waals surface area contributed by atoms with E-state index in [0.717, 1.165) is 19.4 Å². The minimum Gasteiger partial charge on any atom is -0.444 e. The number of unbranched alkanes of at least 4 members (excludes halogenated alkanes) is 7. The van der Waals surface area contributed by atoms with E-state index in [1.807, 2.05) is 6.20 Å². The second-order valence-electron chi connectivity index (χ2n) is 7.92. The molecule has 0 aromatic carbocycles. The average molecular weight is 398 g/mol. The number of aromatic nitrogens is 3. The van der Waals surface area contributed by atoms with Crippen molar-refractivity contribution in [3.63, 3.8) is 0 Å². The summed E-state index contributed by atoms with van der Waals surface area (Å²) in [5.74, 6) is 0.0990. The van der Waals surface area contributed by atoms with Crippen molar-refractivity contribution in [1.29, 1.82) is 5.26 Å². The lowest BCUT2D eigenvalue weighted by Gasteiger charge is -2.29. The fourth-order valence-electron chi connectivity index (χ4n) is 4.11. The van der Waals surface area contributed by atoms with E-state index in [2.05, 4.69) is 23.3 Å². The van der Waals surface area contributed by atoms with Gasteiger partial charge in [0.15, 0.2) is 5.78 Å². The zero-order valence-electron chi connectivity index (χ0n) is 17.3. The number of rotatable bonds is 10. The molecule has 0 amide bonds. The zero-order valence-corrected chi connectivity index (χ0v) is 17.3. The molecule has 2 heterocycles. The summed E-state index contributed by atoms with van der Waals surface area (Å²) < 4.78 is 7.39. The Morgan fingerprint density at radius 1 is 1.21 bits per heavy atom. The molecule has 1 aliphatic heterocycles. The number of nitriles is 1. The Morgan fingerprint density at radius 2 is 1.93 bits per heavy atom. The van der Waals surface area contributed by atoms with Crippen molar-refractivity contribution in [1.82, 2.24) is 15.0 Å². The maximum Gasteiger partial charge on any atom is 0.205 e. The van der Waals surface area contributed by atoms with Gasteiger partial charge in [0.2, 0.25) is 5.88 Å². The van der Waals surface area contributed by atoms with Crippen LogP contribution in [0.5, 0.6) is 0 Å². The van der Waals surface area contributed by atoms with Crippen molar-refractivity contribution in [2.75, 3.05) is 0 Å². The van der Waals surface area contributed by atoms with Crippen LogP contribution in [0.2, 0.25) is 0 Å². The molecule has 1 aromatic heterocycles. The van der Waals surface area contributed by atoms with Gasteiger partial charge in [-0.3, -0.25) is 9.48 Å². The first-order valence-corrected chi connectivity index (χ1v) is 10.9. The molecule has 0 radical (unpaired) electrons. The van der Waals surface area contributed by atoms with Crippen molar-refractivity contribution in [2.45, 2.75) is 90.0 Å². The van der Waals surface area contributed by atoms with Crippen LogP contribution in [0, 0.1) is 11.3 Å². The van der Waals surface area contributed by atoms with Gasteiger partial charge in [-0.05, 0) is 12.8 Å². The van der Waals surface area contributed by atoms with Crippen LogP contribution in [0.3, 0.4) is 0 Å². The molecule has 0 saturated heterocycles. The smallest absolute Gasteiger partial charge is 0.205 e. The summed E-state index contributed by atoms with van der Waals surface area (Å²) in [6.45, 7) is 3.02. The van der Waals surface area contributed by atoms with E-state index in [0.29, 0.717) is 29.9 Å². The molecule has 156 valence electrons. The largest absolute Gasteiger partial charge is 0.444 e. The molecule has 0 saturated carbocycles. The predicted molar refractivity (Wildman–Crippen MR) is 109 cm³/mol.